The summed E-state index contributed by atoms with van der Waals surface area (Å²) in [5.74, 6) is 0.737. The molecule has 1 aromatic carbocycles. The fourth-order valence-electron chi connectivity index (χ4n) is 3.94. The highest BCUT2D eigenvalue weighted by atomic mass is 16.3. The molecule has 0 aromatic heterocycles. The maximum absolute atomic E-state index is 10.9. The van der Waals surface area contributed by atoms with Crippen molar-refractivity contribution < 1.29 is 5.11 Å². The molecule has 0 heterocycles. The van der Waals surface area contributed by atoms with Crippen molar-refractivity contribution in [1.82, 2.24) is 0 Å². The first-order chi connectivity index (χ1) is 9.28. The predicted molar refractivity (Wildman–Crippen MR) is 79.2 cm³/mol. The largest absolute Gasteiger partial charge is 0.385 e. The molecule has 1 heteroatoms. The number of hydrogen-bond donors (Lipinski definition) is 1. The third-order valence-electron chi connectivity index (χ3n) is 5.18. The molecule has 1 aromatic rings. The fourth-order valence-corrected chi connectivity index (χ4v) is 3.94. The molecular weight excluding hydrogens is 232 g/mol. The smallest absolute Gasteiger partial charge is 0.0896 e. The van der Waals surface area contributed by atoms with Gasteiger partial charge in [-0.25, -0.2) is 0 Å². The lowest BCUT2D eigenvalue weighted by Crippen LogP contribution is -2.28. The first-order valence-electron chi connectivity index (χ1n) is 8.11. The van der Waals surface area contributed by atoms with Crippen LogP contribution in [0.1, 0.15) is 81.3 Å². The molecule has 0 unspecified atom stereocenters. The van der Waals surface area contributed by atoms with Crippen LogP contribution >= 0.6 is 0 Å². The summed E-state index contributed by atoms with van der Waals surface area (Å²) >= 11 is 0. The number of aliphatic hydroxyl groups is 1. The number of benzene rings is 1. The van der Waals surface area contributed by atoms with Crippen LogP contribution < -0.4 is 0 Å². The Morgan fingerprint density at radius 2 is 1.58 bits per heavy atom. The molecule has 2 aliphatic rings. The van der Waals surface area contributed by atoms with Crippen LogP contribution in [-0.4, -0.2) is 5.11 Å². The summed E-state index contributed by atoms with van der Waals surface area (Å²) in [7, 11) is 0. The second-order valence-electron chi connectivity index (χ2n) is 6.55. The molecule has 1 N–H and O–H groups in total. The third-order valence-corrected chi connectivity index (χ3v) is 5.18. The predicted octanol–water partition coefficient (Wildman–Crippen LogP) is 4.89. The fraction of sp³-hybridized carbons (Fsp3) is 0.667. The Bertz CT molecular complexity index is 411. The average Bonchev–Trinajstić information content (AvgIpc) is 2.49. The summed E-state index contributed by atoms with van der Waals surface area (Å²) in [6.45, 7) is 0. The van der Waals surface area contributed by atoms with Gasteiger partial charge in [0.2, 0.25) is 0 Å². The Hall–Kier alpha value is -0.820. The van der Waals surface area contributed by atoms with Gasteiger partial charge in [-0.05, 0) is 42.7 Å². The monoisotopic (exact) mass is 258 g/mol. The van der Waals surface area contributed by atoms with Crippen LogP contribution in [0.5, 0.6) is 0 Å². The Morgan fingerprint density at radius 3 is 2.32 bits per heavy atom. The first kappa shape index (κ1) is 13.2. The molecule has 104 valence electrons. The van der Waals surface area contributed by atoms with Gasteiger partial charge in [0.15, 0.2) is 0 Å². The second kappa shape index (κ2) is 5.66. The van der Waals surface area contributed by atoms with E-state index in [1.807, 2.05) is 0 Å². The molecule has 19 heavy (non-hydrogen) atoms. The van der Waals surface area contributed by atoms with Crippen molar-refractivity contribution in [3.8, 4) is 0 Å². The maximum Gasteiger partial charge on any atom is 0.0896 e. The molecule has 0 radical (unpaired) electrons. The van der Waals surface area contributed by atoms with Crippen molar-refractivity contribution >= 4 is 0 Å². The lowest BCUT2D eigenvalue weighted by atomic mass is 9.77. The van der Waals surface area contributed by atoms with Crippen molar-refractivity contribution in [2.24, 2.45) is 0 Å². The van der Waals surface area contributed by atoms with Gasteiger partial charge >= 0.3 is 0 Å². The van der Waals surface area contributed by atoms with Crippen LogP contribution in [-0.2, 0) is 5.60 Å². The zero-order valence-electron chi connectivity index (χ0n) is 11.9. The quantitative estimate of drug-likeness (QED) is 0.801. The summed E-state index contributed by atoms with van der Waals surface area (Å²) in [6, 6.07) is 8.87. The zero-order valence-corrected chi connectivity index (χ0v) is 11.9. The molecule has 2 saturated carbocycles. The minimum atomic E-state index is -0.539. The second-order valence-corrected chi connectivity index (χ2v) is 6.55. The van der Waals surface area contributed by atoms with E-state index in [0.29, 0.717) is 0 Å². The molecule has 3 rings (SSSR count). The molecule has 0 atom stereocenters. The molecule has 2 aliphatic carbocycles. The van der Waals surface area contributed by atoms with E-state index in [9.17, 15) is 5.11 Å². The summed E-state index contributed by atoms with van der Waals surface area (Å²) in [4.78, 5) is 0. The van der Waals surface area contributed by atoms with Crippen LogP contribution in [0.25, 0.3) is 0 Å². The maximum atomic E-state index is 10.9. The Balaban J connectivity index is 1.82. The summed E-state index contributed by atoms with van der Waals surface area (Å²) < 4.78 is 0. The molecule has 0 spiro atoms. The highest BCUT2D eigenvalue weighted by molar-refractivity contribution is 5.31. The van der Waals surface area contributed by atoms with Gasteiger partial charge < -0.3 is 5.11 Å². The van der Waals surface area contributed by atoms with Crippen LogP contribution in [0.4, 0.5) is 0 Å². The highest BCUT2D eigenvalue weighted by Gasteiger charge is 2.31. The van der Waals surface area contributed by atoms with E-state index < -0.39 is 5.60 Å². The van der Waals surface area contributed by atoms with Crippen LogP contribution in [0.2, 0.25) is 0 Å². The van der Waals surface area contributed by atoms with Gasteiger partial charge in [0, 0.05) is 0 Å². The van der Waals surface area contributed by atoms with Crippen molar-refractivity contribution in [3.63, 3.8) is 0 Å². The van der Waals surface area contributed by atoms with Gasteiger partial charge in [-0.2, -0.15) is 0 Å². The lowest BCUT2D eigenvalue weighted by molar-refractivity contribution is -0.000720. The van der Waals surface area contributed by atoms with Gasteiger partial charge in [0.1, 0.15) is 0 Å². The topological polar surface area (TPSA) is 20.2 Å². The molecule has 2 fully saturated rings. The van der Waals surface area contributed by atoms with E-state index in [-0.39, 0.29) is 0 Å². The minimum Gasteiger partial charge on any atom is -0.385 e. The SMILES string of the molecule is OC1(c2cccc(C3CCCCC3)c2)CCCCC1. The molecule has 1 nitrogen and oxygen atoms in total. The Labute approximate surface area is 117 Å². The van der Waals surface area contributed by atoms with Crippen molar-refractivity contribution in [1.29, 1.82) is 0 Å². The first-order valence-corrected chi connectivity index (χ1v) is 8.11. The molecule has 0 saturated heterocycles. The summed E-state index contributed by atoms with van der Waals surface area (Å²) in [5.41, 5.74) is 2.11. The van der Waals surface area contributed by atoms with Crippen molar-refractivity contribution in [2.45, 2.75) is 75.7 Å². The van der Waals surface area contributed by atoms with E-state index in [2.05, 4.69) is 24.3 Å². The highest BCUT2D eigenvalue weighted by Crippen LogP contribution is 2.39. The van der Waals surface area contributed by atoms with E-state index in [1.54, 1.807) is 0 Å². The molecular formula is C18H26O. The molecule has 0 bridgehead atoms. The van der Waals surface area contributed by atoms with Gasteiger partial charge in [-0.1, -0.05) is 62.8 Å². The van der Waals surface area contributed by atoms with Crippen LogP contribution in [0, 0.1) is 0 Å². The standard InChI is InChI=1S/C18H26O/c19-18(12-5-2-6-13-18)17-11-7-10-16(14-17)15-8-3-1-4-9-15/h7,10-11,14-15,19H,1-6,8-9,12-13H2. The Kier molecular flexibility index (Phi) is 3.93. The molecule has 0 amide bonds. The third kappa shape index (κ3) is 2.86. The normalized spacial score (nSPS) is 24.3. The summed E-state index contributed by atoms with van der Waals surface area (Å²) in [6.07, 6.45) is 12.3. The number of hydrogen-bond acceptors (Lipinski definition) is 1. The van der Waals surface area contributed by atoms with Gasteiger partial charge in [0.25, 0.3) is 0 Å². The minimum absolute atomic E-state index is 0.539. The van der Waals surface area contributed by atoms with E-state index in [0.717, 1.165) is 18.8 Å². The van der Waals surface area contributed by atoms with Crippen LogP contribution in [0.15, 0.2) is 24.3 Å². The zero-order chi connectivity index (χ0) is 13.1. The Morgan fingerprint density at radius 1 is 0.895 bits per heavy atom. The molecule has 0 aliphatic heterocycles. The van der Waals surface area contributed by atoms with Crippen molar-refractivity contribution in [2.75, 3.05) is 0 Å². The van der Waals surface area contributed by atoms with E-state index >= 15 is 0 Å². The van der Waals surface area contributed by atoms with Crippen molar-refractivity contribution in [3.05, 3.63) is 35.4 Å². The van der Waals surface area contributed by atoms with E-state index in [4.69, 9.17) is 0 Å². The van der Waals surface area contributed by atoms with Gasteiger partial charge in [-0.3, -0.25) is 0 Å². The van der Waals surface area contributed by atoms with Gasteiger partial charge in [0.05, 0.1) is 5.60 Å². The van der Waals surface area contributed by atoms with E-state index in [1.165, 1.54) is 62.5 Å². The average molecular weight is 258 g/mol. The van der Waals surface area contributed by atoms with Gasteiger partial charge in [-0.15, -0.1) is 0 Å². The number of rotatable bonds is 2. The van der Waals surface area contributed by atoms with Crippen LogP contribution in [0.3, 0.4) is 0 Å². The lowest BCUT2D eigenvalue weighted by Gasteiger charge is -2.33. The summed E-state index contributed by atoms with van der Waals surface area (Å²) in [5, 5.41) is 10.9.